The summed E-state index contributed by atoms with van der Waals surface area (Å²) in [6, 6.07) is 1.69. The molecule has 156 valence electrons. The van der Waals surface area contributed by atoms with E-state index in [1.807, 2.05) is 0 Å². The van der Waals surface area contributed by atoms with Gasteiger partial charge >= 0.3 is 7.82 Å². The molecule has 15 heteroatoms. The molecule has 1 rings (SSSR count). The first-order valence-corrected chi connectivity index (χ1v) is 10.4. The van der Waals surface area contributed by atoms with E-state index in [0.717, 1.165) is 12.1 Å². The molecule has 3 N–H and O–H groups in total. The molecule has 13 nitrogen and oxygen atoms in total. The Morgan fingerprint density at radius 1 is 1.32 bits per heavy atom. The van der Waals surface area contributed by atoms with Crippen molar-refractivity contribution in [1.29, 1.82) is 0 Å². The van der Waals surface area contributed by atoms with Crippen molar-refractivity contribution in [2.45, 2.75) is 6.92 Å². The molecule has 0 radical (unpaired) electrons. The molecule has 0 spiro atoms. The number of hydrogen-bond acceptors (Lipinski definition) is 8. The molecule has 0 aliphatic rings. The van der Waals surface area contributed by atoms with Gasteiger partial charge in [-0.15, -0.1) is 0 Å². The van der Waals surface area contributed by atoms with Gasteiger partial charge in [-0.1, -0.05) is 15.9 Å². The largest absolute Gasteiger partial charge is 0.469 e. The van der Waals surface area contributed by atoms with Crippen LogP contribution in [0.1, 0.15) is 17.3 Å². The predicted molar refractivity (Wildman–Crippen MR) is 102 cm³/mol. The number of nitro groups is 2. The highest BCUT2D eigenvalue weighted by molar-refractivity contribution is 9.09. The number of nitrogens with zero attached hydrogens (tertiary/aromatic N) is 3. The summed E-state index contributed by atoms with van der Waals surface area (Å²) in [4.78, 5) is 52.2. The summed E-state index contributed by atoms with van der Waals surface area (Å²) in [5, 5.41) is 25.3. The average molecular weight is 485 g/mol. The molecule has 0 fully saturated rings. The van der Waals surface area contributed by atoms with Crippen molar-refractivity contribution < 1.29 is 33.5 Å². The van der Waals surface area contributed by atoms with Gasteiger partial charge in [0.25, 0.3) is 17.3 Å². The third-order valence-electron chi connectivity index (χ3n) is 3.43. The normalized spacial score (nSPS) is 11.1. The summed E-state index contributed by atoms with van der Waals surface area (Å²) in [7, 11) is -4.72. The summed E-state index contributed by atoms with van der Waals surface area (Å²) in [5.41, 5.74) is -1.64. The zero-order chi connectivity index (χ0) is 21.5. The second kappa shape index (κ2) is 10.4. The van der Waals surface area contributed by atoms with Gasteiger partial charge in [0, 0.05) is 31.0 Å². The second-order valence-electron chi connectivity index (χ2n) is 5.22. The van der Waals surface area contributed by atoms with E-state index in [9.17, 15) is 29.6 Å². The lowest BCUT2D eigenvalue weighted by Gasteiger charge is -2.24. The van der Waals surface area contributed by atoms with Gasteiger partial charge in [-0.3, -0.25) is 29.5 Å². The first-order chi connectivity index (χ1) is 13.0. The van der Waals surface area contributed by atoms with Crippen LogP contribution in [0.15, 0.2) is 12.1 Å². The molecule has 0 bridgehead atoms. The summed E-state index contributed by atoms with van der Waals surface area (Å²) in [6.45, 7) is 1.41. The number of amides is 1. The van der Waals surface area contributed by atoms with Crippen LogP contribution < -0.4 is 10.2 Å². The Bertz CT molecular complexity index is 800. The topological polar surface area (TPSA) is 185 Å². The first kappa shape index (κ1) is 23.9. The number of anilines is 1. The Labute approximate surface area is 167 Å². The predicted octanol–water partition coefficient (Wildman–Crippen LogP) is 1.56. The van der Waals surface area contributed by atoms with Crippen molar-refractivity contribution in [3.8, 4) is 0 Å². The molecule has 0 aliphatic heterocycles. The summed E-state index contributed by atoms with van der Waals surface area (Å²) >= 11 is 3.21. The monoisotopic (exact) mass is 484 g/mol. The third-order valence-corrected chi connectivity index (χ3v) is 4.30. The molecular formula is C13H18BrN4O9P. The van der Waals surface area contributed by atoms with Gasteiger partial charge in [-0.25, -0.2) is 4.57 Å². The molecule has 0 aliphatic carbocycles. The van der Waals surface area contributed by atoms with Gasteiger partial charge in [0.2, 0.25) is 0 Å². The Morgan fingerprint density at radius 3 is 2.43 bits per heavy atom. The van der Waals surface area contributed by atoms with E-state index in [-0.39, 0.29) is 30.9 Å². The average Bonchev–Trinajstić information content (AvgIpc) is 2.61. The number of nitrogens with one attached hydrogen (secondary N) is 1. The molecule has 1 aromatic carbocycles. The third kappa shape index (κ3) is 6.80. The zero-order valence-electron chi connectivity index (χ0n) is 14.6. The van der Waals surface area contributed by atoms with E-state index in [2.05, 4.69) is 25.8 Å². The van der Waals surface area contributed by atoms with Gasteiger partial charge in [0.15, 0.2) is 0 Å². The highest BCUT2D eigenvalue weighted by Gasteiger charge is 2.30. The molecular weight excluding hydrogens is 467 g/mol. The number of nitro benzene ring substituents is 2. The maximum Gasteiger partial charge on any atom is 0.469 e. The number of carbonyl (C=O) groups excluding carboxylic acids is 1. The van der Waals surface area contributed by atoms with E-state index in [1.165, 1.54) is 4.90 Å². The number of rotatable bonds is 11. The lowest BCUT2D eigenvalue weighted by Crippen LogP contribution is -2.32. The fourth-order valence-corrected chi connectivity index (χ4v) is 3.07. The fourth-order valence-electron chi connectivity index (χ4n) is 2.31. The van der Waals surface area contributed by atoms with E-state index in [0.29, 0.717) is 5.33 Å². The van der Waals surface area contributed by atoms with Crippen LogP contribution in [0.3, 0.4) is 0 Å². The highest BCUT2D eigenvalue weighted by Crippen LogP contribution is 2.37. The molecule has 1 aromatic rings. The Kier molecular flexibility index (Phi) is 8.91. The number of phosphoric ester groups is 1. The lowest BCUT2D eigenvalue weighted by atomic mass is 10.1. The number of carbonyl (C=O) groups is 1. The van der Waals surface area contributed by atoms with Crippen LogP contribution >= 0.6 is 23.8 Å². The molecule has 0 saturated carbocycles. The van der Waals surface area contributed by atoms with Crippen molar-refractivity contribution >= 4 is 46.7 Å². The molecule has 0 atom stereocenters. The number of halogens is 1. The molecule has 0 unspecified atom stereocenters. The minimum absolute atomic E-state index is 0.0917. The van der Waals surface area contributed by atoms with Crippen LogP contribution in [0.25, 0.3) is 0 Å². The second-order valence-corrected chi connectivity index (χ2v) is 7.26. The van der Waals surface area contributed by atoms with Crippen molar-refractivity contribution in [3.05, 3.63) is 37.9 Å². The van der Waals surface area contributed by atoms with Crippen molar-refractivity contribution in [1.82, 2.24) is 5.32 Å². The van der Waals surface area contributed by atoms with Gasteiger partial charge < -0.3 is 20.0 Å². The van der Waals surface area contributed by atoms with Crippen molar-refractivity contribution in [2.24, 2.45) is 0 Å². The summed E-state index contributed by atoms with van der Waals surface area (Å²) in [6.07, 6.45) is 0. The quantitative estimate of drug-likeness (QED) is 0.137. The Hall–Kier alpha value is -2.12. The fraction of sp³-hybridized carbons (Fsp3) is 0.462. The number of phosphoric acid groups is 1. The number of alkyl halides is 1. The minimum Gasteiger partial charge on any atom is -0.365 e. The van der Waals surface area contributed by atoms with Crippen molar-refractivity contribution in [2.75, 3.05) is 36.5 Å². The summed E-state index contributed by atoms with van der Waals surface area (Å²) < 4.78 is 14.8. The lowest BCUT2D eigenvalue weighted by molar-refractivity contribution is -0.393. The van der Waals surface area contributed by atoms with Crippen molar-refractivity contribution in [3.63, 3.8) is 0 Å². The van der Waals surface area contributed by atoms with Crippen LogP contribution in [0.2, 0.25) is 0 Å². The first-order valence-electron chi connectivity index (χ1n) is 7.77. The van der Waals surface area contributed by atoms with Gasteiger partial charge in [-0.2, -0.15) is 0 Å². The number of non-ortho nitro benzene ring substituents is 1. The Balaban J connectivity index is 3.35. The highest BCUT2D eigenvalue weighted by atomic mass is 79.9. The van der Waals surface area contributed by atoms with E-state index >= 15 is 0 Å². The molecule has 0 heterocycles. The van der Waals surface area contributed by atoms with E-state index in [4.69, 9.17) is 9.79 Å². The smallest absolute Gasteiger partial charge is 0.365 e. The molecule has 1 amide bonds. The summed E-state index contributed by atoms with van der Waals surface area (Å²) in [5.74, 6) is -0.885. The maximum atomic E-state index is 12.5. The van der Waals surface area contributed by atoms with E-state index < -0.39 is 41.6 Å². The minimum atomic E-state index is -4.72. The van der Waals surface area contributed by atoms with E-state index in [1.54, 1.807) is 6.92 Å². The molecule has 28 heavy (non-hydrogen) atoms. The molecule has 0 aromatic heterocycles. The van der Waals surface area contributed by atoms with Crippen LogP contribution in [0.5, 0.6) is 0 Å². The molecule has 0 saturated heterocycles. The van der Waals surface area contributed by atoms with Gasteiger partial charge in [0.05, 0.1) is 28.1 Å². The van der Waals surface area contributed by atoms with Gasteiger partial charge in [-0.05, 0) is 6.92 Å². The Morgan fingerprint density at radius 2 is 1.96 bits per heavy atom. The zero-order valence-corrected chi connectivity index (χ0v) is 17.1. The van der Waals surface area contributed by atoms with Crippen LogP contribution in [0, 0.1) is 20.2 Å². The van der Waals surface area contributed by atoms with Crippen LogP contribution in [-0.4, -0.2) is 57.1 Å². The SMILES string of the molecule is CCN(CCBr)c1c(C(=O)NCCOP(=O)(O)O)cc([N+](=O)[O-])cc1[N+](=O)[O-]. The van der Waals surface area contributed by atoms with Gasteiger partial charge in [0.1, 0.15) is 5.69 Å². The number of benzene rings is 1. The maximum absolute atomic E-state index is 12.5. The van der Waals surface area contributed by atoms with Crippen LogP contribution in [-0.2, 0) is 9.09 Å². The standard InChI is InChI=1S/C13H18BrN4O9P/c1-2-16(5-3-14)12-10(13(19)15-4-6-27-28(24,25)26)7-9(17(20)21)8-11(12)18(22)23/h7-8H,2-6H2,1H3,(H,15,19)(H2,24,25,26). The van der Waals surface area contributed by atoms with Crippen LogP contribution in [0.4, 0.5) is 17.1 Å². The number of hydrogen-bond donors (Lipinski definition) is 3.